The molecule has 1 N–H and O–H groups in total. The third-order valence-electron chi connectivity index (χ3n) is 8.09. The standard InChI is InChI=1S/C29H37NO4/c1-17-4-9-20(10-5-17)16-25(31)22-14-15-23(28(32)30-21-11-6-18(2)7-12-21)26-19(3)8-13-24(27(22)26)29(33)34/h8,13-15,17-18,20-21H,4-7,9-12,16H2,1-3H3,(H,30,32)(H,33,34)/p-1. The maximum Gasteiger partial charge on any atom is 0.252 e. The molecule has 2 aliphatic carbocycles. The molecule has 5 nitrogen and oxygen atoms in total. The van der Waals surface area contributed by atoms with Gasteiger partial charge in [0.15, 0.2) is 5.78 Å². The van der Waals surface area contributed by atoms with E-state index < -0.39 is 5.97 Å². The fraction of sp³-hybridized carbons (Fsp3) is 0.552. The summed E-state index contributed by atoms with van der Waals surface area (Å²) in [6.45, 7) is 6.34. The van der Waals surface area contributed by atoms with E-state index in [1.54, 1.807) is 18.2 Å². The highest BCUT2D eigenvalue weighted by Crippen LogP contribution is 2.35. The monoisotopic (exact) mass is 462 g/mol. The van der Waals surface area contributed by atoms with Crippen molar-refractivity contribution in [3.63, 3.8) is 0 Å². The van der Waals surface area contributed by atoms with Crippen LogP contribution < -0.4 is 10.4 Å². The number of aryl methyl sites for hydroxylation is 1. The van der Waals surface area contributed by atoms with Crippen LogP contribution in [0.2, 0.25) is 0 Å². The van der Waals surface area contributed by atoms with Crippen molar-refractivity contribution in [2.75, 3.05) is 0 Å². The Labute approximate surface area is 202 Å². The van der Waals surface area contributed by atoms with Gasteiger partial charge >= 0.3 is 0 Å². The molecule has 0 atom stereocenters. The van der Waals surface area contributed by atoms with Crippen molar-refractivity contribution >= 4 is 28.4 Å². The minimum Gasteiger partial charge on any atom is -0.545 e. The molecule has 0 saturated heterocycles. The van der Waals surface area contributed by atoms with E-state index in [2.05, 4.69) is 19.2 Å². The van der Waals surface area contributed by atoms with Crippen LogP contribution in [0.5, 0.6) is 0 Å². The quantitative estimate of drug-likeness (QED) is 0.597. The molecule has 2 saturated carbocycles. The van der Waals surface area contributed by atoms with Gasteiger partial charge in [-0.1, -0.05) is 38.8 Å². The van der Waals surface area contributed by atoms with Gasteiger partial charge in [0.1, 0.15) is 0 Å². The molecule has 1 amide bonds. The number of nitrogens with one attached hydrogen (secondary N) is 1. The molecule has 2 aliphatic rings. The fourth-order valence-electron chi connectivity index (χ4n) is 5.83. The van der Waals surface area contributed by atoms with E-state index in [0.717, 1.165) is 56.9 Å². The summed E-state index contributed by atoms with van der Waals surface area (Å²) < 4.78 is 0. The Hall–Kier alpha value is -2.69. The number of rotatable bonds is 6. The van der Waals surface area contributed by atoms with Gasteiger partial charge in [0.2, 0.25) is 0 Å². The van der Waals surface area contributed by atoms with E-state index in [-0.39, 0.29) is 23.3 Å². The summed E-state index contributed by atoms with van der Waals surface area (Å²) in [4.78, 5) is 38.8. The highest BCUT2D eigenvalue weighted by Gasteiger charge is 2.26. The number of ketones is 1. The van der Waals surface area contributed by atoms with Gasteiger partial charge in [0.05, 0.1) is 5.97 Å². The molecule has 0 spiro atoms. The minimum atomic E-state index is -1.33. The Balaban J connectivity index is 1.70. The summed E-state index contributed by atoms with van der Waals surface area (Å²) in [5, 5.41) is 16.1. The van der Waals surface area contributed by atoms with Gasteiger partial charge in [-0.25, -0.2) is 0 Å². The number of carbonyl (C=O) groups is 3. The predicted molar refractivity (Wildman–Crippen MR) is 132 cm³/mol. The van der Waals surface area contributed by atoms with Gasteiger partial charge in [-0.3, -0.25) is 9.59 Å². The Morgan fingerprint density at radius 3 is 1.97 bits per heavy atom. The van der Waals surface area contributed by atoms with Crippen LogP contribution in [0.4, 0.5) is 0 Å². The number of Topliss-reactive ketones (excluding diaryl/α,β-unsaturated/α-hetero) is 1. The number of amides is 1. The minimum absolute atomic E-state index is 0.0256. The highest BCUT2D eigenvalue weighted by molar-refractivity contribution is 6.20. The molecular formula is C29H36NO4-. The van der Waals surface area contributed by atoms with Crippen LogP contribution in [-0.2, 0) is 0 Å². The first-order valence-corrected chi connectivity index (χ1v) is 12.9. The lowest BCUT2D eigenvalue weighted by molar-refractivity contribution is -0.254. The van der Waals surface area contributed by atoms with Crippen molar-refractivity contribution < 1.29 is 19.5 Å². The van der Waals surface area contributed by atoms with Crippen LogP contribution in [0.25, 0.3) is 10.8 Å². The highest BCUT2D eigenvalue weighted by atomic mass is 16.4. The van der Waals surface area contributed by atoms with Crippen LogP contribution in [0.15, 0.2) is 24.3 Å². The van der Waals surface area contributed by atoms with Gasteiger partial charge in [-0.2, -0.15) is 0 Å². The van der Waals surface area contributed by atoms with Gasteiger partial charge in [0, 0.05) is 34.5 Å². The summed E-state index contributed by atoms with van der Waals surface area (Å²) >= 11 is 0. The van der Waals surface area contributed by atoms with E-state index in [0.29, 0.717) is 46.1 Å². The van der Waals surface area contributed by atoms with Crippen molar-refractivity contribution in [1.82, 2.24) is 5.32 Å². The molecule has 0 aromatic heterocycles. The Morgan fingerprint density at radius 2 is 1.35 bits per heavy atom. The van der Waals surface area contributed by atoms with Gasteiger partial charge in [0.25, 0.3) is 5.91 Å². The number of fused-ring (bicyclic) bond motifs is 1. The average molecular weight is 463 g/mol. The van der Waals surface area contributed by atoms with E-state index in [1.165, 1.54) is 6.07 Å². The van der Waals surface area contributed by atoms with Crippen LogP contribution in [0, 0.1) is 24.7 Å². The molecule has 0 aliphatic heterocycles. The maximum atomic E-state index is 13.4. The first-order valence-electron chi connectivity index (χ1n) is 12.9. The van der Waals surface area contributed by atoms with Crippen molar-refractivity contribution in [1.29, 1.82) is 0 Å². The number of carbonyl (C=O) groups excluding carboxylic acids is 3. The zero-order chi connectivity index (χ0) is 24.4. The lowest BCUT2D eigenvalue weighted by Gasteiger charge is -2.27. The molecule has 34 heavy (non-hydrogen) atoms. The lowest BCUT2D eigenvalue weighted by atomic mass is 9.79. The third-order valence-corrected chi connectivity index (χ3v) is 8.09. The van der Waals surface area contributed by atoms with Gasteiger partial charge in [-0.15, -0.1) is 0 Å². The number of carboxylic acids is 1. The van der Waals surface area contributed by atoms with E-state index in [1.807, 2.05) is 6.92 Å². The summed E-state index contributed by atoms with van der Waals surface area (Å²) in [6, 6.07) is 6.67. The third kappa shape index (κ3) is 5.18. The number of hydrogen-bond acceptors (Lipinski definition) is 4. The predicted octanol–water partition coefficient (Wildman–Crippen LogP) is 5.22. The molecule has 2 fully saturated rings. The summed E-state index contributed by atoms with van der Waals surface area (Å²) in [7, 11) is 0. The molecule has 0 heterocycles. The molecule has 182 valence electrons. The molecular weight excluding hydrogens is 426 g/mol. The maximum absolute atomic E-state index is 13.4. The summed E-state index contributed by atoms with van der Waals surface area (Å²) in [6.07, 6.45) is 8.79. The number of hydrogen-bond donors (Lipinski definition) is 1. The van der Waals surface area contributed by atoms with Crippen molar-refractivity contribution in [2.45, 2.75) is 84.6 Å². The first-order chi connectivity index (χ1) is 16.2. The van der Waals surface area contributed by atoms with Crippen molar-refractivity contribution in [3.05, 3.63) is 46.5 Å². The normalized spacial score (nSPS) is 25.1. The lowest BCUT2D eigenvalue weighted by Crippen LogP contribution is -2.37. The second-order valence-electron chi connectivity index (χ2n) is 10.8. The Kier molecular flexibility index (Phi) is 7.39. The van der Waals surface area contributed by atoms with Gasteiger partial charge in [-0.05, 0) is 86.3 Å². The topological polar surface area (TPSA) is 86.3 Å². The second-order valence-corrected chi connectivity index (χ2v) is 10.8. The van der Waals surface area contributed by atoms with Crippen LogP contribution in [0.3, 0.4) is 0 Å². The number of aromatic carboxylic acids is 1. The molecule has 0 unspecified atom stereocenters. The van der Waals surface area contributed by atoms with Crippen LogP contribution in [0.1, 0.15) is 108 Å². The zero-order valence-electron chi connectivity index (χ0n) is 20.6. The molecule has 2 aromatic carbocycles. The number of benzene rings is 2. The first kappa shape index (κ1) is 24.4. The van der Waals surface area contributed by atoms with Crippen molar-refractivity contribution in [2.24, 2.45) is 17.8 Å². The Morgan fingerprint density at radius 1 is 0.794 bits per heavy atom. The molecule has 5 heteroatoms. The molecule has 0 bridgehead atoms. The average Bonchev–Trinajstić information content (AvgIpc) is 2.81. The van der Waals surface area contributed by atoms with Crippen LogP contribution in [-0.4, -0.2) is 23.7 Å². The Bertz CT molecular complexity index is 1090. The number of carboxylic acid groups (broad SMARTS) is 1. The van der Waals surface area contributed by atoms with Crippen molar-refractivity contribution in [3.8, 4) is 0 Å². The van der Waals surface area contributed by atoms with E-state index >= 15 is 0 Å². The fourth-order valence-corrected chi connectivity index (χ4v) is 5.83. The molecule has 4 rings (SSSR count). The second kappa shape index (κ2) is 10.3. The molecule has 0 radical (unpaired) electrons. The van der Waals surface area contributed by atoms with Crippen LogP contribution >= 0.6 is 0 Å². The molecule has 2 aromatic rings. The largest absolute Gasteiger partial charge is 0.545 e. The summed E-state index contributed by atoms with van der Waals surface area (Å²) in [5.74, 6) is 0.120. The zero-order valence-corrected chi connectivity index (χ0v) is 20.6. The van der Waals surface area contributed by atoms with E-state index in [4.69, 9.17) is 0 Å². The smallest absolute Gasteiger partial charge is 0.252 e. The SMILES string of the molecule is Cc1ccc(C(=O)[O-])c2c(C(=O)CC3CCC(C)CC3)ccc(C(=O)NC3CCC(C)CC3)c12. The summed E-state index contributed by atoms with van der Waals surface area (Å²) in [5.41, 5.74) is 1.57. The van der Waals surface area contributed by atoms with E-state index in [9.17, 15) is 19.5 Å². The van der Waals surface area contributed by atoms with Gasteiger partial charge < -0.3 is 15.2 Å².